The Kier molecular flexibility index (Phi) is 6.66. The van der Waals surface area contributed by atoms with Gasteiger partial charge in [-0.2, -0.15) is 0 Å². The Hall–Kier alpha value is -2.15. The van der Waals surface area contributed by atoms with Crippen LogP contribution in [0, 0.1) is 5.41 Å². The molecule has 1 amide bonds. The van der Waals surface area contributed by atoms with Crippen LogP contribution in [0.5, 0.6) is 0 Å². The van der Waals surface area contributed by atoms with Gasteiger partial charge in [-0.1, -0.05) is 19.3 Å². The lowest BCUT2D eigenvalue weighted by atomic mass is 9.94. The molecule has 0 bridgehead atoms. The Morgan fingerprint density at radius 2 is 1.89 bits per heavy atom. The normalized spacial score (nSPS) is 18.7. The molecule has 1 aromatic heterocycles. The molecule has 2 fully saturated rings. The largest absolute Gasteiger partial charge is 0.373 e. The molecule has 2 aliphatic rings. The zero-order chi connectivity index (χ0) is 19.2. The highest BCUT2D eigenvalue weighted by Gasteiger charge is 2.23. The summed E-state index contributed by atoms with van der Waals surface area (Å²) < 4.78 is 0. The summed E-state index contributed by atoms with van der Waals surface area (Å²) in [7, 11) is 3.88. The zero-order valence-electron chi connectivity index (χ0n) is 16.5. The Morgan fingerprint density at radius 3 is 2.56 bits per heavy atom. The van der Waals surface area contributed by atoms with Crippen molar-refractivity contribution < 1.29 is 4.79 Å². The minimum atomic E-state index is -0.325. The number of carbonyl (C=O) groups is 1. The standard InChI is InChI=1S/C20H32N6O/c1-22-19-16(18(21)20(27)24-14-10-12-23-13-11-14)8-9-17(25-19)26(2)15-6-4-3-5-7-15/h8-9,14-15,21,23H,3-7,10-13H2,1-2H3,(H,22,25)(H,24,27). The van der Waals surface area contributed by atoms with Crippen molar-refractivity contribution >= 4 is 23.3 Å². The number of carbonyl (C=O) groups excluding carboxylic acids is 1. The van der Waals surface area contributed by atoms with Crippen LogP contribution in [0.25, 0.3) is 0 Å². The maximum absolute atomic E-state index is 12.5. The fourth-order valence-electron chi connectivity index (χ4n) is 4.04. The highest BCUT2D eigenvalue weighted by Crippen LogP contribution is 2.27. The minimum absolute atomic E-state index is 0.0303. The second kappa shape index (κ2) is 9.17. The van der Waals surface area contributed by atoms with Crippen molar-refractivity contribution in [3.05, 3.63) is 17.7 Å². The first-order valence-electron chi connectivity index (χ1n) is 10.1. The average molecular weight is 373 g/mol. The first kappa shape index (κ1) is 19.6. The number of rotatable bonds is 6. The summed E-state index contributed by atoms with van der Waals surface area (Å²) in [5.74, 6) is 1.15. The monoisotopic (exact) mass is 372 g/mol. The maximum atomic E-state index is 12.5. The molecule has 1 aliphatic heterocycles. The van der Waals surface area contributed by atoms with Gasteiger partial charge >= 0.3 is 0 Å². The van der Waals surface area contributed by atoms with Gasteiger partial charge in [-0.25, -0.2) is 4.98 Å². The lowest BCUT2D eigenvalue weighted by Gasteiger charge is -2.32. The van der Waals surface area contributed by atoms with Gasteiger partial charge in [-0.3, -0.25) is 10.2 Å². The topological polar surface area (TPSA) is 93.1 Å². The number of anilines is 2. The molecule has 0 atom stereocenters. The molecule has 0 radical (unpaired) electrons. The van der Waals surface area contributed by atoms with Crippen LogP contribution in [0.15, 0.2) is 12.1 Å². The third-order valence-corrected chi connectivity index (χ3v) is 5.77. The van der Waals surface area contributed by atoms with Crippen molar-refractivity contribution in [2.75, 3.05) is 37.4 Å². The van der Waals surface area contributed by atoms with Gasteiger partial charge in [0.2, 0.25) is 0 Å². The second-order valence-corrected chi connectivity index (χ2v) is 7.59. The molecule has 1 aliphatic carbocycles. The van der Waals surface area contributed by atoms with Crippen LogP contribution in [-0.4, -0.2) is 55.9 Å². The van der Waals surface area contributed by atoms with E-state index in [1.165, 1.54) is 32.1 Å². The van der Waals surface area contributed by atoms with Crippen LogP contribution < -0.4 is 20.9 Å². The van der Waals surface area contributed by atoms with E-state index in [0.29, 0.717) is 17.4 Å². The molecular weight excluding hydrogens is 340 g/mol. The van der Waals surface area contributed by atoms with E-state index in [2.05, 4.69) is 27.9 Å². The predicted molar refractivity (Wildman–Crippen MR) is 110 cm³/mol. The van der Waals surface area contributed by atoms with E-state index in [1.54, 1.807) is 7.05 Å². The summed E-state index contributed by atoms with van der Waals surface area (Å²) in [5.41, 5.74) is 0.516. The molecule has 4 N–H and O–H groups in total. The first-order chi connectivity index (χ1) is 13.1. The minimum Gasteiger partial charge on any atom is -0.373 e. The summed E-state index contributed by atoms with van der Waals surface area (Å²) >= 11 is 0. The Labute approximate surface area is 161 Å². The second-order valence-electron chi connectivity index (χ2n) is 7.59. The highest BCUT2D eigenvalue weighted by atomic mass is 16.1. The summed E-state index contributed by atoms with van der Waals surface area (Å²) in [4.78, 5) is 19.5. The lowest BCUT2D eigenvalue weighted by molar-refractivity contribution is -0.115. The third kappa shape index (κ3) is 4.77. The summed E-state index contributed by atoms with van der Waals surface area (Å²) in [6, 6.07) is 4.43. The van der Waals surface area contributed by atoms with E-state index in [0.717, 1.165) is 31.7 Å². The average Bonchev–Trinajstić information content (AvgIpc) is 2.73. The Balaban J connectivity index is 1.71. The number of aromatic nitrogens is 1. The lowest BCUT2D eigenvalue weighted by Crippen LogP contribution is -2.45. The summed E-state index contributed by atoms with van der Waals surface area (Å²) in [6.45, 7) is 1.81. The van der Waals surface area contributed by atoms with Gasteiger partial charge in [-0.05, 0) is 50.9 Å². The Morgan fingerprint density at radius 1 is 1.19 bits per heavy atom. The number of piperidine rings is 1. The molecule has 0 aromatic carbocycles. The van der Waals surface area contributed by atoms with E-state index in [4.69, 9.17) is 10.4 Å². The smallest absolute Gasteiger partial charge is 0.270 e. The summed E-state index contributed by atoms with van der Waals surface area (Å²) in [5, 5.41) is 17.7. The van der Waals surface area contributed by atoms with Crippen LogP contribution in [-0.2, 0) is 4.79 Å². The molecule has 148 valence electrons. The molecule has 7 nitrogen and oxygen atoms in total. The molecule has 0 unspecified atom stereocenters. The van der Waals surface area contributed by atoms with Gasteiger partial charge in [0.25, 0.3) is 5.91 Å². The third-order valence-electron chi connectivity index (χ3n) is 5.77. The number of hydrogen-bond donors (Lipinski definition) is 4. The van der Waals surface area contributed by atoms with Crippen LogP contribution in [0.1, 0.15) is 50.5 Å². The van der Waals surface area contributed by atoms with E-state index < -0.39 is 0 Å². The van der Waals surface area contributed by atoms with Crippen molar-refractivity contribution in [1.82, 2.24) is 15.6 Å². The van der Waals surface area contributed by atoms with Gasteiger partial charge < -0.3 is 20.9 Å². The quantitative estimate of drug-likeness (QED) is 0.574. The van der Waals surface area contributed by atoms with E-state index in [9.17, 15) is 4.79 Å². The first-order valence-corrected chi connectivity index (χ1v) is 10.1. The van der Waals surface area contributed by atoms with Crippen LogP contribution >= 0.6 is 0 Å². The molecule has 2 heterocycles. The number of hydrogen-bond acceptors (Lipinski definition) is 6. The maximum Gasteiger partial charge on any atom is 0.270 e. The van der Waals surface area contributed by atoms with Crippen molar-refractivity contribution in [3.8, 4) is 0 Å². The highest BCUT2D eigenvalue weighted by molar-refractivity contribution is 6.45. The van der Waals surface area contributed by atoms with Crippen molar-refractivity contribution in [2.45, 2.75) is 57.0 Å². The van der Waals surface area contributed by atoms with Gasteiger partial charge in [0.1, 0.15) is 17.3 Å². The number of nitrogens with zero attached hydrogens (tertiary/aromatic N) is 2. The SMILES string of the molecule is CNc1nc(N(C)C2CCCCC2)ccc1C(=N)C(=O)NC1CCNCC1. The fourth-order valence-corrected chi connectivity index (χ4v) is 4.04. The molecule has 7 heteroatoms. The molecule has 3 rings (SSSR count). The number of amides is 1. The van der Waals surface area contributed by atoms with Crippen LogP contribution in [0.4, 0.5) is 11.6 Å². The molecule has 0 spiro atoms. The number of nitrogens with one attached hydrogen (secondary N) is 4. The van der Waals surface area contributed by atoms with Crippen molar-refractivity contribution in [1.29, 1.82) is 5.41 Å². The van der Waals surface area contributed by atoms with Gasteiger partial charge in [0, 0.05) is 31.7 Å². The van der Waals surface area contributed by atoms with Crippen LogP contribution in [0.2, 0.25) is 0 Å². The van der Waals surface area contributed by atoms with E-state index in [-0.39, 0.29) is 17.7 Å². The van der Waals surface area contributed by atoms with E-state index in [1.807, 2.05) is 12.1 Å². The van der Waals surface area contributed by atoms with Gasteiger partial charge in [-0.15, -0.1) is 0 Å². The Bertz CT molecular complexity index is 664. The van der Waals surface area contributed by atoms with Gasteiger partial charge in [0.15, 0.2) is 0 Å². The molecular formula is C20H32N6O. The van der Waals surface area contributed by atoms with Gasteiger partial charge in [0.05, 0.1) is 0 Å². The number of pyridine rings is 1. The molecule has 1 aromatic rings. The van der Waals surface area contributed by atoms with Crippen LogP contribution in [0.3, 0.4) is 0 Å². The predicted octanol–water partition coefficient (Wildman–Crippen LogP) is 2.13. The van der Waals surface area contributed by atoms with Crippen molar-refractivity contribution in [2.24, 2.45) is 0 Å². The van der Waals surface area contributed by atoms with Crippen molar-refractivity contribution in [3.63, 3.8) is 0 Å². The summed E-state index contributed by atoms with van der Waals surface area (Å²) in [6.07, 6.45) is 8.07. The fraction of sp³-hybridized carbons (Fsp3) is 0.650. The molecule has 27 heavy (non-hydrogen) atoms. The zero-order valence-corrected chi connectivity index (χ0v) is 16.5. The molecule has 1 saturated carbocycles. The van der Waals surface area contributed by atoms with E-state index >= 15 is 0 Å². The molecule has 1 saturated heterocycles.